The van der Waals surface area contributed by atoms with Gasteiger partial charge in [-0.05, 0) is 19.1 Å². The standard InChI is InChI=1S/C18H13N3OS/c1-12-17(22)14-9-5-6-10-16(14)21(20-12)18-19-15(11-23-18)13-7-3-2-4-8-13/h2-11H,1H3. The number of aryl methyl sites for hydroxylation is 1. The van der Waals surface area contributed by atoms with Crippen molar-refractivity contribution in [2.45, 2.75) is 6.92 Å². The minimum atomic E-state index is -0.0308. The summed E-state index contributed by atoms with van der Waals surface area (Å²) >= 11 is 1.51. The van der Waals surface area contributed by atoms with Gasteiger partial charge in [-0.1, -0.05) is 42.5 Å². The number of para-hydroxylation sites is 1. The molecule has 0 N–H and O–H groups in total. The average molecular weight is 319 g/mol. The van der Waals surface area contributed by atoms with Gasteiger partial charge < -0.3 is 0 Å². The Balaban J connectivity index is 1.93. The maximum Gasteiger partial charge on any atom is 0.211 e. The fourth-order valence-electron chi connectivity index (χ4n) is 2.54. The van der Waals surface area contributed by atoms with Crippen LogP contribution in [0.25, 0.3) is 27.3 Å². The highest BCUT2D eigenvalue weighted by atomic mass is 32.1. The summed E-state index contributed by atoms with van der Waals surface area (Å²) in [7, 11) is 0. The number of hydrogen-bond donors (Lipinski definition) is 0. The summed E-state index contributed by atoms with van der Waals surface area (Å²) in [5.41, 5.74) is 3.19. The maximum absolute atomic E-state index is 12.2. The Morgan fingerprint density at radius 2 is 1.74 bits per heavy atom. The highest BCUT2D eigenvalue weighted by molar-refractivity contribution is 7.12. The Hall–Kier alpha value is -2.79. The number of aromatic nitrogens is 3. The maximum atomic E-state index is 12.2. The van der Waals surface area contributed by atoms with Gasteiger partial charge in [0.2, 0.25) is 10.6 Å². The largest absolute Gasteiger partial charge is 0.287 e. The fourth-order valence-corrected chi connectivity index (χ4v) is 3.34. The van der Waals surface area contributed by atoms with E-state index in [4.69, 9.17) is 0 Å². The van der Waals surface area contributed by atoms with E-state index in [1.165, 1.54) is 11.3 Å². The van der Waals surface area contributed by atoms with Crippen LogP contribution in [0.15, 0.2) is 64.8 Å². The Morgan fingerprint density at radius 3 is 2.57 bits per heavy atom. The molecule has 0 saturated heterocycles. The third kappa shape index (κ3) is 2.35. The van der Waals surface area contributed by atoms with Crippen LogP contribution < -0.4 is 5.43 Å². The van der Waals surface area contributed by atoms with E-state index in [0.717, 1.165) is 21.9 Å². The molecule has 0 radical (unpaired) electrons. The van der Waals surface area contributed by atoms with E-state index in [1.54, 1.807) is 11.6 Å². The van der Waals surface area contributed by atoms with Gasteiger partial charge in [-0.25, -0.2) is 9.67 Å². The Kier molecular flexibility index (Phi) is 3.28. The monoisotopic (exact) mass is 319 g/mol. The molecule has 0 aliphatic carbocycles. The fraction of sp³-hybridized carbons (Fsp3) is 0.0556. The van der Waals surface area contributed by atoms with E-state index in [2.05, 4.69) is 10.1 Å². The highest BCUT2D eigenvalue weighted by Crippen LogP contribution is 2.25. The van der Waals surface area contributed by atoms with Gasteiger partial charge in [-0.3, -0.25) is 4.79 Å². The molecule has 0 saturated carbocycles. The van der Waals surface area contributed by atoms with Gasteiger partial charge in [-0.2, -0.15) is 5.10 Å². The first kappa shape index (κ1) is 13.8. The quantitative estimate of drug-likeness (QED) is 0.564. The summed E-state index contributed by atoms with van der Waals surface area (Å²) in [4.78, 5) is 16.9. The summed E-state index contributed by atoms with van der Waals surface area (Å²) in [6, 6.07) is 17.5. The molecular weight excluding hydrogens is 306 g/mol. The lowest BCUT2D eigenvalue weighted by atomic mass is 10.2. The second-order valence-electron chi connectivity index (χ2n) is 5.22. The average Bonchev–Trinajstić information content (AvgIpc) is 3.09. The zero-order valence-corrected chi connectivity index (χ0v) is 13.2. The van der Waals surface area contributed by atoms with Crippen LogP contribution in [0.1, 0.15) is 5.69 Å². The lowest BCUT2D eigenvalue weighted by Gasteiger charge is -2.07. The smallest absolute Gasteiger partial charge is 0.211 e. The third-order valence-corrected chi connectivity index (χ3v) is 4.51. The van der Waals surface area contributed by atoms with Crippen molar-refractivity contribution in [3.05, 3.63) is 75.9 Å². The Morgan fingerprint density at radius 1 is 1.00 bits per heavy atom. The van der Waals surface area contributed by atoms with Crippen molar-refractivity contribution in [3.63, 3.8) is 0 Å². The zero-order valence-electron chi connectivity index (χ0n) is 12.4. The summed E-state index contributed by atoms with van der Waals surface area (Å²) in [5.74, 6) is 0. The minimum absolute atomic E-state index is 0.0308. The molecule has 0 unspecified atom stereocenters. The van der Waals surface area contributed by atoms with Gasteiger partial charge >= 0.3 is 0 Å². The number of rotatable bonds is 2. The molecule has 0 fully saturated rings. The Labute approximate surface area is 136 Å². The molecule has 0 spiro atoms. The molecule has 0 aliphatic heterocycles. The van der Waals surface area contributed by atoms with E-state index in [1.807, 2.05) is 60.0 Å². The molecule has 2 heterocycles. The molecule has 4 aromatic rings. The van der Waals surface area contributed by atoms with Gasteiger partial charge in [0, 0.05) is 16.3 Å². The van der Waals surface area contributed by atoms with Crippen molar-refractivity contribution in [1.82, 2.24) is 14.8 Å². The molecule has 0 atom stereocenters. The number of fused-ring (bicyclic) bond motifs is 1. The number of nitrogens with zero attached hydrogens (tertiary/aromatic N) is 3. The van der Waals surface area contributed by atoms with Gasteiger partial charge in [0.05, 0.1) is 11.2 Å². The molecular formula is C18H13N3OS. The van der Waals surface area contributed by atoms with Crippen LogP contribution in [0.4, 0.5) is 0 Å². The van der Waals surface area contributed by atoms with E-state index >= 15 is 0 Å². The summed E-state index contributed by atoms with van der Waals surface area (Å²) in [6.45, 7) is 1.73. The molecule has 0 amide bonds. The first-order valence-corrected chi connectivity index (χ1v) is 8.12. The normalized spacial score (nSPS) is 11.0. The van der Waals surface area contributed by atoms with Gasteiger partial charge in [-0.15, -0.1) is 11.3 Å². The summed E-state index contributed by atoms with van der Waals surface area (Å²) < 4.78 is 1.75. The predicted octanol–water partition coefficient (Wildman–Crippen LogP) is 3.82. The molecule has 5 heteroatoms. The summed E-state index contributed by atoms with van der Waals surface area (Å²) in [5, 5.41) is 7.86. The van der Waals surface area contributed by atoms with E-state index in [9.17, 15) is 4.79 Å². The van der Waals surface area contributed by atoms with E-state index in [0.29, 0.717) is 11.1 Å². The van der Waals surface area contributed by atoms with Crippen LogP contribution in [0, 0.1) is 6.92 Å². The first-order valence-electron chi connectivity index (χ1n) is 7.24. The van der Waals surface area contributed by atoms with Crippen molar-refractivity contribution >= 4 is 22.2 Å². The number of thiazole rings is 1. The van der Waals surface area contributed by atoms with Crippen LogP contribution in [-0.2, 0) is 0 Å². The van der Waals surface area contributed by atoms with Crippen molar-refractivity contribution in [2.75, 3.05) is 0 Å². The van der Waals surface area contributed by atoms with Crippen molar-refractivity contribution in [3.8, 4) is 16.4 Å². The van der Waals surface area contributed by atoms with Gasteiger partial charge in [0.1, 0.15) is 5.69 Å². The molecule has 2 aromatic carbocycles. The van der Waals surface area contributed by atoms with E-state index in [-0.39, 0.29) is 5.43 Å². The molecule has 2 aromatic heterocycles. The van der Waals surface area contributed by atoms with Crippen LogP contribution in [0.2, 0.25) is 0 Å². The SMILES string of the molecule is Cc1nn(-c2nc(-c3ccccc3)cs2)c2ccccc2c1=O. The topological polar surface area (TPSA) is 47.8 Å². The van der Waals surface area contributed by atoms with Gasteiger partial charge in [0.15, 0.2) is 0 Å². The van der Waals surface area contributed by atoms with Crippen molar-refractivity contribution in [2.24, 2.45) is 0 Å². The molecule has 0 aliphatic rings. The second kappa shape index (κ2) is 5.44. The van der Waals surface area contributed by atoms with Crippen LogP contribution in [0.5, 0.6) is 0 Å². The van der Waals surface area contributed by atoms with E-state index < -0.39 is 0 Å². The molecule has 4 nitrogen and oxygen atoms in total. The molecule has 4 rings (SSSR count). The number of hydrogen-bond acceptors (Lipinski definition) is 4. The van der Waals surface area contributed by atoms with Gasteiger partial charge in [0.25, 0.3) is 0 Å². The van der Waals surface area contributed by atoms with Crippen LogP contribution >= 0.6 is 11.3 Å². The lowest BCUT2D eigenvalue weighted by Crippen LogP contribution is -2.15. The zero-order chi connectivity index (χ0) is 15.8. The third-order valence-electron chi connectivity index (χ3n) is 3.70. The van der Waals surface area contributed by atoms with Crippen molar-refractivity contribution in [1.29, 1.82) is 0 Å². The van der Waals surface area contributed by atoms with Crippen LogP contribution in [-0.4, -0.2) is 14.8 Å². The Bertz CT molecular complexity index is 1050. The molecule has 112 valence electrons. The lowest BCUT2D eigenvalue weighted by molar-refractivity contribution is 0.842. The van der Waals surface area contributed by atoms with Crippen LogP contribution in [0.3, 0.4) is 0 Å². The molecule has 0 bridgehead atoms. The second-order valence-corrected chi connectivity index (χ2v) is 6.06. The van der Waals surface area contributed by atoms with Crippen molar-refractivity contribution < 1.29 is 0 Å². The minimum Gasteiger partial charge on any atom is -0.287 e. The predicted molar refractivity (Wildman–Crippen MR) is 93.2 cm³/mol. The summed E-state index contributed by atoms with van der Waals surface area (Å²) in [6.07, 6.45) is 0. The number of benzene rings is 2. The first-order chi connectivity index (χ1) is 11.2. The highest BCUT2D eigenvalue weighted by Gasteiger charge is 2.12. The molecule has 23 heavy (non-hydrogen) atoms.